The first-order valence-electron chi connectivity index (χ1n) is 2.38. The molecule has 0 rings (SSSR count). The van der Waals surface area contributed by atoms with Crippen molar-refractivity contribution in [2.45, 2.75) is 6.42 Å². The Balaban J connectivity index is 3.14. The van der Waals surface area contributed by atoms with Gasteiger partial charge in [-0.05, 0) is 12.5 Å². The van der Waals surface area contributed by atoms with E-state index in [1.165, 1.54) is 0 Å². The molecule has 0 radical (unpaired) electrons. The first-order chi connectivity index (χ1) is 4.27. The van der Waals surface area contributed by atoms with E-state index in [9.17, 15) is 4.79 Å². The molecule has 0 aliphatic rings. The highest BCUT2D eigenvalue weighted by molar-refractivity contribution is 6.17. The second-order valence-corrected chi connectivity index (χ2v) is 1.61. The molecule has 0 heterocycles. The lowest BCUT2D eigenvalue weighted by Gasteiger charge is -1.86. The van der Waals surface area contributed by atoms with E-state index >= 15 is 0 Å². The van der Waals surface area contributed by atoms with Crippen LogP contribution in [0.5, 0.6) is 0 Å². The van der Waals surface area contributed by atoms with Gasteiger partial charge in [0.25, 0.3) is 0 Å². The summed E-state index contributed by atoms with van der Waals surface area (Å²) < 4.78 is 4.02. The minimum absolute atomic E-state index is 0.472. The summed E-state index contributed by atoms with van der Waals surface area (Å²) in [6.45, 7) is 0. The molecule has 0 aliphatic heterocycles. The van der Waals surface area contributed by atoms with Gasteiger partial charge in [0.05, 0.1) is 6.26 Å². The number of hydrogen-bond donors (Lipinski definition) is 1. The van der Waals surface area contributed by atoms with E-state index in [0.29, 0.717) is 12.3 Å². The van der Waals surface area contributed by atoms with Crippen LogP contribution in [-0.4, -0.2) is 17.1 Å². The Labute approximate surface area is 57.9 Å². The molecule has 0 bridgehead atoms. The summed E-state index contributed by atoms with van der Waals surface area (Å²) in [6.07, 6.45) is 1.96. The fourth-order valence-electron chi connectivity index (χ4n) is 0.237. The number of carboxylic acid groups (broad SMARTS) is 1. The SMILES string of the molecule is O=C(O)OC=CCCCl. The van der Waals surface area contributed by atoms with E-state index in [1.54, 1.807) is 6.08 Å². The molecule has 0 saturated carbocycles. The van der Waals surface area contributed by atoms with Gasteiger partial charge in [-0.15, -0.1) is 11.6 Å². The van der Waals surface area contributed by atoms with Crippen LogP contribution in [0.25, 0.3) is 0 Å². The summed E-state index contributed by atoms with van der Waals surface area (Å²) in [7, 11) is 0. The molecule has 0 fully saturated rings. The Morgan fingerprint density at radius 2 is 2.44 bits per heavy atom. The predicted octanol–water partition coefficient (Wildman–Crippen LogP) is 1.82. The van der Waals surface area contributed by atoms with Crippen molar-refractivity contribution >= 4 is 17.8 Å². The minimum Gasteiger partial charge on any atom is -0.449 e. The third kappa shape index (κ3) is 7.30. The normalized spacial score (nSPS) is 9.89. The van der Waals surface area contributed by atoms with Crippen LogP contribution in [0.4, 0.5) is 4.79 Å². The number of alkyl halides is 1. The molecule has 3 nitrogen and oxygen atoms in total. The van der Waals surface area contributed by atoms with Crippen LogP contribution >= 0.6 is 11.6 Å². The molecular formula is C5H7ClO3. The fourth-order valence-corrected chi connectivity index (χ4v) is 0.363. The van der Waals surface area contributed by atoms with Crippen LogP contribution < -0.4 is 0 Å². The second-order valence-electron chi connectivity index (χ2n) is 1.23. The van der Waals surface area contributed by atoms with E-state index < -0.39 is 6.16 Å². The maximum Gasteiger partial charge on any atom is 0.510 e. The standard InChI is InChI=1S/C5H7ClO3/c6-3-1-2-4-9-5(7)8/h2,4H,1,3H2,(H,7,8). The van der Waals surface area contributed by atoms with Gasteiger partial charge in [0.1, 0.15) is 0 Å². The quantitative estimate of drug-likeness (QED) is 0.379. The Morgan fingerprint density at radius 1 is 1.78 bits per heavy atom. The first kappa shape index (κ1) is 8.30. The number of rotatable bonds is 3. The van der Waals surface area contributed by atoms with E-state index in [-0.39, 0.29) is 0 Å². The Hall–Kier alpha value is -0.700. The molecule has 0 spiro atoms. The van der Waals surface area contributed by atoms with Gasteiger partial charge >= 0.3 is 6.16 Å². The molecule has 1 N–H and O–H groups in total. The number of hydrogen-bond acceptors (Lipinski definition) is 2. The first-order valence-corrected chi connectivity index (χ1v) is 2.91. The lowest BCUT2D eigenvalue weighted by Crippen LogP contribution is -1.91. The maximum absolute atomic E-state index is 9.66. The van der Waals surface area contributed by atoms with Crippen molar-refractivity contribution < 1.29 is 14.6 Å². The highest BCUT2D eigenvalue weighted by atomic mass is 35.5. The molecule has 0 aromatic carbocycles. The maximum atomic E-state index is 9.66. The molecule has 0 aromatic rings. The number of halogens is 1. The fraction of sp³-hybridized carbons (Fsp3) is 0.400. The Morgan fingerprint density at radius 3 is 2.89 bits per heavy atom. The molecule has 0 atom stereocenters. The van der Waals surface area contributed by atoms with Crippen LogP contribution in [0.2, 0.25) is 0 Å². The van der Waals surface area contributed by atoms with E-state index in [4.69, 9.17) is 16.7 Å². The van der Waals surface area contributed by atoms with Gasteiger partial charge in [-0.3, -0.25) is 0 Å². The van der Waals surface area contributed by atoms with Gasteiger partial charge in [0.2, 0.25) is 0 Å². The van der Waals surface area contributed by atoms with Gasteiger partial charge in [-0.1, -0.05) is 0 Å². The summed E-state index contributed by atoms with van der Waals surface area (Å²) in [5, 5.41) is 7.91. The molecule has 0 saturated heterocycles. The van der Waals surface area contributed by atoms with Gasteiger partial charge in [-0.2, -0.15) is 0 Å². The largest absolute Gasteiger partial charge is 0.510 e. The zero-order chi connectivity index (χ0) is 7.11. The lowest BCUT2D eigenvalue weighted by molar-refractivity contribution is 0.128. The number of ether oxygens (including phenoxy) is 1. The molecule has 0 aliphatic carbocycles. The molecule has 0 amide bonds. The van der Waals surface area contributed by atoms with Crippen molar-refractivity contribution in [3.63, 3.8) is 0 Å². The lowest BCUT2D eigenvalue weighted by atomic mass is 10.5. The Kier molecular flexibility index (Phi) is 5.01. The van der Waals surface area contributed by atoms with Gasteiger partial charge in [0.15, 0.2) is 0 Å². The summed E-state index contributed by atoms with van der Waals surface area (Å²) >= 11 is 5.26. The summed E-state index contributed by atoms with van der Waals surface area (Å²) in [6, 6.07) is 0. The van der Waals surface area contributed by atoms with E-state index in [0.717, 1.165) is 6.26 Å². The van der Waals surface area contributed by atoms with E-state index in [2.05, 4.69) is 4.74 Å². The molecule has 0 unspecified atom stereocenters. The zero-order valence-corrected chi connectivity index (χ0v) is 5.47. The van der Waals surface area contributed by atoms with Crippen LogP contribution in [-0.2, 0) is 4.74 Å². The van der Waals surface area contributed by atoms with Crippen LogP contribution in [0.1, 0.15) is 6.42 Å². The summed E-state index contributed by atoms with van der Waals surface area (Å²) in [5.74, 6) is 0.472. The zero-order valence-electron chi connectivity index (χ0n) is 4.71. The van der Waals surface area contributed by atoms with Crippen molar-refractivity contribution in [2.24, 2.45) is 0 Å². The van der Waals surface area contributed by atoms with Crippen LogP contribution in [0.15, 0.2) is 12.3 Å². The molecule has 52 valence electrons. The van der Waals surface area contributed by atoms with Crippen LogP contribution in [0.3, 0.4) is 0 Å². The average molecular weight is 151 g/mol. The van der Waals surface area contributed by atoms with E-state index in [1.807, 2.05) is 0 Å². The third-order valence-corrected chi connectivity index (χ3v) is 0.759. The van der Waals surface area contributed by atoms with Crippen LogP contribution in [0, 0.1) is 0 Å². The van der Waals surface area contributed by atoms with Crippen molar-refractivity contribution in [3.8, 4) is 0 Å². The topological polar surface area (TPSA) is 46.5 Å². The van der Waals surface area contributed by atoms with Crippen molar-refractivity contribution in [2.75, 3.05) is 5.88 Å². The highest BCUT2D eigenvalue weighted by Gasteiger charge is 1.86. The molecule has 4 heteroatoms. The van der Waals surface area contributed by atoms with Crippen molar-refractivity contribution in [1.29, 1.82) is 0 Å². The smallest absolute Gasteiger partial charge is 0.449 e. The number of allylic oxidation sites excluding steroid dienone is 1. The van der Waals surface area contributed by atoms with Gasteiger partial charge < -0.3 is 9.84 Å². The van der Waals surface area contributed by atoms with Crippen molar-refractivity contribution in [1.82, 2.24) is 0 Å². The highest BCUT2D eigenvalue weighted by Crippen LogP contribution is 1.87. The Bertz CT molecular complexity index is 111. The molecule has 9 heavy (non-hydrogen) atoms. The van der Waals surface area contributed by atoms with Crippen molar-refractivity contribution in [3.05, 3.63) is 12.3 Å². The predicted molar refractivity (Wildman–Crippen MR) is 33.6 cm³/mol. The minimum atomic E-state index is -1.30. The number of carbonyl (C=O) groups is 1. The monoisotopic (exact) mass is 150 g/mol. The molecule has 0 aromatic heterocycles. The third-order valence-electron chi connectivity index (χ3n) is 0.541. The van der Waals surface area contributed by atoms with Gasteiger partial charge in [0, 0.05) is 5.88 Å². The average Bonchev–Trinajstić information content (AvgIpc) is 1.80. The second kappa shape index (κ2) is 5.44. The summed E-state index contributed by atoms with van der Waals surface area (Å²) in [4.78, 5) is 9.66. The molecular weight excluding hydrogens is 144 g/mol. The van der Waals surface area contributed by atoms with Gasteiger partial charge in [-0.25, -0.2) is 4.79 Å². The summed E-state index contributed by atoms with van der Waals surface area (Å²) in [5.41, 5.74) is 0.